The fourth-order valence-corrected chi connectivity index (χ4v) is 8.71. The number of aromatic nitrogens is 2. The Kier molecular flexibility index (Phi) is 11.3. The van der Waals surface area contributed by atoms with E-state index in [1.165, 1.54) is 17.0 Å². The number of thioether (sulfide) groups is 2. The summed E-state index contributed by atoms with van der Waals surface area (Å²) in [7, 11) is 0. The fraction of sp³-hybridized carbons (Fsp3) is 0.357. The van der Waals surface area contributed by atoms with Crippen LogP contribution in [0, 0.1) is 0 Å². The molecule has 18 nitrogen and oxygen atoms in total. The van der Waals surface area contributed by atoms with E-state index >= 15 is 0 Å². The summed E-state index contributed by atoms with van der Waals surface area (Å²) in [4.78, 5) is 105. The van der Waals surface area contributed by atoms with Crippen molar-refractivity contribution in [3.05, 3.63) is 47.2 Å². The molecule has 8 amide bonds. The van der Waals surface area contributed by atoms with Crippen LogP contribution in [-0.4, -0.2) is 126 Å². The topological polar surface area (TPSA) is 240 Å². The third kappa shape index (κ3) is 7.11. The van der Waals surface area contributed by atoms with Crippen LogP contribution in [0.15, 0.2) is 45.9 Å². The Morgan fingerprint density at radius 2 is 1.88 bits per heavy atom. The lowest BCUT2D eigenvalue weighted by Gasteiger charge is -2.56. The smallest absolute Gasteiger partial charge is 0.352 e. The van der Waals surface area contributed by atoms with Crippen molar-refractivity contribution in [2.24, 2.45) is 0 Å². The number of imide groups is 1. The van der Waals surface area contributed by atoms with Gasteiger partial charge in [-0.25, -0.2) is 9.59 Å². The van der Waals surface area contributed by atoms with E-state index in [0.29, 0.717) is 14.8 Å². The van der Waals surface area contributed by atoms with Crippen molar-refractivity contribution in [1.29, 1.82) is 0 Å². The van der Waals surface area contributed by atoms with Crippen LogP contribution in [0.25, 0.3) is 0 Å². The summed E-state index contributed by atoms with van der Waals surface area (Å²) >= 11 is 8.75. The van der Waals surface area contributed by atoms with Crippen LogP contribution in [0.1, 0.15) is 18.5 Å². The minimum atomic E-state index is -2.10. The Labute approximate surface area is 300 Å². The van der Waals surface area contributed by atoms with Gasteiger partial charge in [-0.2, -0.15) is 0 Å². The first-order valence-electron chi connectivity index (χ1n) is 14.7. The number of amides is 8. The molecule has 0 bridgehead atoms. The van der Waals surface area contributed by atoms with Crippen LogP contribution in [0.4, 0.5) is 9.93 Å². The van der Waals surface area contributed by atoms with Gasteiger partial charge in [0, 0.05) is 31.1 Å². The van der Waals surface area contributed by atoms with Gasteiger partial charge in [-0.3, -0.25) is 43.9 Å². The van der Waals surface area contributed by atoms with E-state index < -0.39 is 58.6 Å². The molecule has 5 N–H and O–H groups in total. The highest BCUT2D eigenvalue weighted by Crippen LogP contribution is 2.46. The van der Waals surface area contributed by atoms with E-state index in [1.807, 2.05) is 0 Å². The summed E-state index contributed by atoms with van der Waals surface area (Å²) in [6.07, 6.45) is 0.190. The number of rotatable bonds is 13. The molecule has 22 heteroatoms. The number of aliphatic carboxylic acids is 1. The average Bonchev–Trinajstić information content (AvgIpc) is 3.56. The van der Waals surface area contributed by atoms with E-state index in [-0.39, 0.29) is 59.8 Å². The van der Waals surface area contributed by atoms with Crippen molar-refractivity contribution in [2.75, 3.05) is 42.3 Å². The molecule has 3 atom stereocenters. The number of anilines is 1. The van der Waals surface area contributed by atoms with Gasteiger partial charge in [0.25, 0.3) is 5.91 Å². The van der Waals surface area contributed by atoms with E-state index in [9.17, 15) is 43.5 Å². The number of carboxylic acid groups (broad SMARTS) is 1. The third-order valence-corrected chi connectivity index (χ3v) is 11.4. The normalized spacial score (nSPS) is 20.8. The van der Waals surface area contributed by atoms with Gasteiger partial charge in [0.05, 0.1) is 0 Å². The predicted octanol–water partition coefficient (Wildman–Crippen LogP) is -0.239. The van der Waals surface area contributed by atoms with Crippen molar-refractivity contribution in [2.45, 2.75) is 28.3 Å². The molecular weight excluding hydrogens is 738 g/mol. The van der Waals surface area contributed by atoms with Crippen molar-refractivity contribution >= 4 is 99.5 Å². The molecule has 0 radical (unpaired) electrons. The number of nitrogens with one attached hydrogen (secondary N) is 4. The quantitative estimate of drug-likeness (QED) is 0.0337. The zero-order chi connectivity index (χ0) is 36.2. The molecule has 50 heavy (non-hydrogen) atoms. The number of β-lactam (4-membered cyclic amide) rings is 1. The summed E-state index contributed by atoms with van der Waals surface area (Å²) in [5.74, 6) is -5.88. The van der Waals surface area contributed by atoms with Crippen LogP contribution in [-0.2, 0) is 33.6 Å². The maximum absolute atomic E-state index is 13.9. The van der Waals surface area contributed by atoms with Gasteiger partial charge < -0.3 is 26.0 Å². The molecule has 4 heterocycles. The monoisotopic (exact) mass is 765 g/mol. The molecular formula is C28H28ClN9O9S3. The molecule has 2 saturated heterocycles. The zero-order valence-corrected chi connectivity index (χ0v) is 29.1. The molecule has 0 spiro atoms. The van der Waals surface area contributed by atoms with Crippen molar-refractivity contribution < 1.29 is 43.5 Å². The highest BCUT2D eigenvalue weighted by atomic mass is 35.5. The predicted molar refractivity (Wildman–Crippen MR) is 179 cm³/mol. The standard InChI is InChI=1S/C28H28ClN9O9S3/c1-2-36-8-9-37(21(43)20(36)42)26(47)32-17(14-6-4-3-5-7-14)19(41)33-28(30-13-39)23(46)38-18(22(44)45)15(11-48-24(28)38)12-49-27-35-34-25(50-27)31-16(40)10-29/h3-7,13,17,24H,2,8-12H2,1H3,(H,30,39)(H,32,47)(H,33,41)(H,44,45)(H,31,34,40)/t17?,24-,28+/m0/s1. The molecule has 3 aliphatic heterocycles. The van der Waals surface area contributed by atoms with Gasteiger partial charge in [-0.1, -0.05) is 53.4 Å². The number of carbonyl (C=O) groups is 8. The molecule has 2 fully saturated rings. The van der Waals surface area contributed by atoms with Gasteiger partial charge in [-0.15, -0.1) is 33.6 Å². The number of alkyl halides is 1. The van der Waals surface area contributed by atoms with Crippen molar-refractivity contribution in [3.63, 3.8) is 0 Å². The number of hydrogen-bond donors (Lipinski definition) is 5. The third-order valence-electron chi connectivity index (χ3n) is 7.70. The van der Waals surface area contributed by atoms with Gasteiger partial charge >= 0.3 is 23.8 Å². The van der Waals surface area contributed by atoms with Crippen LogP contribution in [0.2, 0.25) is 0 Å². The molecule has 1 aromatic heterocycles. The number of nitrogens with zero attached hydrogens (tertiary/aromatic N) is 5. The SMILES string of the molecule is CCN1CCN(C(=O)NC(C(=O)N[C@]2(NC=O)C(=O)N3C(C(=O)O)=C(CSc4nnc(NC(=O)CCl)s4)CS[C@H]32)c2ccccc2)C(=O)C1=O. The fourth-order valence-electron chi connectivity index (χ4n) is 5.31. The van der Waals surface area contributed by atoms with E-state index in [1.54, 1.807) is 25.1 Å². The summed E-state index contributed by atoms with van der Waals surface area (Å²) in [5.41, 5.74) is -1.85. The van der Waals surface area contributed by atoms with Gasteiger partial charge in [-0.05, 0) is 18.1 Å². The number of fused-ring (bicyclic) bond motifs is 1. The highest BCUT2D eigenvalue weighted by molar-refractivity contribution is 8.02. The highest BCUT2D eigenvalue weighted by Gasteiger charge is 2.66. The number of benzene rings is 1. The van der Waals surface area contributed by atoms with Crippen molar-refractivity contribution in [1.82, 2.24) is 40.8 Å². The Morgan fingerprint density at radius 1 is 1.14 bits per heavy atom. The lowest BCUT2D eigenvalue weighted by Crippen LogP contribution is -2.85. The van der Waals surface area contributed by atoms with Crippen LogP contribution in [0.5, 0.6) is 0 Å². The second-order valence-electron chi connectivity index (χ2n) is 10.6. The number of halogens is 1. The lowest BCUT2D eigenvalue weighted by atomic mass is 9.94. The largest absolute Gasteiger partial charge is 0.477 e. The molecule has 1 aromatic carbocycles. The minimum Gasteiger partial charge on any atom is -0.477 e. The van der Waals surface area contributed by atoms with Crippen molar-refractivity contribution in [3.8, 4) is 0 Å². The minimum absolute atomic E-state index is 0.0780. The Balaban J connectivity index is 1.36. The molecule has 3 aliphatic rings. The second kappa shape index (κ2) is 15.4. The summed E-state index contributed by atoms with van der Waals surface area (Å²) < 4.78 is 0.408. The average molecular weight is 766 g/mol. The summed E-state index contributed by atoms with van der Waals surface area (Å²) in [5, 5.41) is 26.8. The summed E-state index contributed by atoms with van der Waals surface area (Å²) in [6, 6.07) is 5.32. The van der Waals surface area contributed by atoms with E-state index in [0.717, 1.165) is 39.8 Å². The first kappa shape index (κ1) is 36.5. The van der Waals surface area contributed by atoms with Crippen LogP contribution >= 0.6 is 46.5 Å². The number of hydrogen-bond acceptors (Lipinski definition) is 13. The zero-order valence-electron chi connectivity index (χ0n) is 25.9. The lowest BCUT2D eigenvalue weighted by molar-refractivity contribution is -0.163. The molecule has 1 unspecified atom stereocenters. The maximum atomic E-state index is 13.9. The molecule has 0 aliphatic carbocycles. The van der Waals surface area contributed by atoms with Gasteiger partial charge in [0.1, 0.15) is 23.0 Å². The van der Waals surface area contributed by atoms with E-state index in [2.05, 4.69) is 31.5 Å². The Bertz CT molecular complexity index is 1780. The van der Waals surface area contributed by atoms with Crippen LogP contribution < -0.4 is 21.3 Å². The van der Waals surface area contributed by atoms with Crippen LogP contribution in [0.3, 0.4) is 0 Å². The Morgan fingerprint density at radius 3 is 2.54 bits per heavy atom. The molecule has 0 saturated carbocycles. The first-order valence-corrected chi connectivity index (χ1v) is 18.1. The number of piperazine rings is 1. The van der Waals surface area contributed by atoms with E-state index in [4.69, 9.17) is 11.6 Å². The summed E-state index contributed by atoms with van der Waals surface area (Å²) in [6.45, 7) is 1.93. The van der Waals surface area contributed by atoms with Gasteiger partial charge in [0.2, 0.25) is 29.0 Å². The molecule has 2 aromatic rings. The maximum Gasteiger partial charge on any atom is 0.352 e. The number of carbonyl (C=O) groups excluding carboxylic acids is 7. The number of urea groups is 1. The first-order chi connectivity index (χ1) is 23.9. The molecule has 5 rings (SSSR count). The molecule has 264 valence electrons. The second-order valence-corrected chi connectivity index (χ2v) is 14.2. The number of likely N-dealkylation sites (N-methyl/N-ethyl adjacent to an activating group) is 1. The number of carboxylic acids is 1. The van der Waals surface area contributed by atoms with Gasteiger partial charge in [0.15, 0.2) is 4.34 Å². The Hall–Kier alpha value is -4.73.